The van der Waals surface area contributed by atoms with Gasteiger partial charge in [-0.15, -0.1) is 11.3 Å². The maximum atomic E-state index is 12.3. The maximum Gasteiger partial charge on any atom is 0.335 e. The Balaban J connectivity index is 1.87. The van der Waals surface area contributed by atoms with E-state index in [1.54, 1.807) is 35.6 Å². The number of nitrogens with zero attached hydrogens (tertiary/aromatic N) is 2. The van der Waals surface area contributed by atoms with Crippen molar-refractivity contribution < 1.29 is 14.7 Å². The van der Waals surface area contributed by atoms with Gasteiger partial charge in [0.25, 0.3) is 0 Å². The zero-order valence-corrected chi connectivity index (χ0v) is 14.3. The van der Waals surface area contributed by atoms with Gasteiger partial charge in [0.15, 0.2) is 0 Å². The summed E-state index contributed by atoms with van der Waals surface area (Å²) < 4.78 is 0. The van der Waals surface area contributed by atoms with Crippen LogP contribution < -0.4 is 0 Å². The molecule has 1 aliphatic rings. The molecular weight excluding hydrogens is 324 g/mol. The van der Waals surface area contributed by atoms with E-state index in [0.29, 0.717) is 12.8 Å². The Morgan fingerprint density at radius 3 is 2.50 bits per heavy atom. The number of carboxylic acids is 1. The van der Waals surface area contributed by atoms with Gasteiger partial charge >= 0.3 is 5.97 Å². The van der Waals surface area contributed by atoms with Crippen LogP contribution in [0.4, 0.5) is 0 Å². The average molecular weight is 342 g/mol. The smallest absolute Gasteiger partial charge is 0.335 e. The number of carbonyl (C=O) groups excluding carboxylic acids is 1. The summed E-state index contributed by atoms with van der Waals surface area (Å²) in [4.78, 5) is 25.6. The summed E-state index contributed by atoms with van der Waals surface area (Å²) in [5, 5.41) is 15.1. The van der Waals surface area contributed by atoms with Crippen LogP contribution in [0.5, 0.6) is 0 Å². The number of benzene rings is 1. The van der Waals surface area contributed by atoms with Gasteiger partial charge in [0, 0.05) is 17.7 Å². The molecule has 1 aromatic heterocycles. The summed E-state index contributed by atoms with van der Waals surface area (Å²) in [7, 11) is 0. The third-order valence-corrected chi connectivity index (χ3v) is 5.14. The number of aryl methyl sites for hydroxylation is 1. The highest BCUT2D eigenvalue weighted by atomic mass is 32.1. The number of amides is 1. The lowest BCUT2D eigenvalue weighted by molar-refractivity contribution is -0.133. The fourth-order valence-electron chi connectivity index (χ4n) is 2.69. The second-order valence-corrected chi connectivity index (χ2v) is 7.09. The molecule has 5 nitrogen and oxygen atoms in total. The molecule has 0 fully saturated rings. The minimum absolute atomic E-state index is 0.0122. The molecule has 3 rings (SSSR count). The Hall–Kier alpha value is -2.47. The zero-order valence-electron chi connectivity index (χ0n) is 13.5. The molecule has 124 valence electrons. The lowest BCUT2D eigenvalue weighted by atomic mass is 10.0. The molecule has 0 radical (unpaired) electrons. The van der Waals surface area contributed by atoms with Gasteiger partial charge in [-0.1, -0.05) is 12.1 Å². The second kappa shape index (κ2) is 6.57. The number of hydrogen-bond donors (Lipinski definition) is 1. The normalized spacial score (nSPS) is 16.0. The third-order valence-electron chi connectivity index (χ3n) is 4.09. The number of carboxylic acid groups (broad SMARTS) is 1. The van der Waals surface area contributed by atoms with Crippen molar-refractivity contribution in [3.05, 3.63) is 57.3 Å². The van der Waals surface area contributed by atoms with Crippen molar-refractivity contribution in [2.24, 2.45) is 5.10 Å². The van der Waals surface area contributed by atoms with Gasteiger partial charge in [-0.05, 0) is 43.7 Å². The quantitative estimate of drug-likeness (QED) is 0.917. The molecule has 0 spiro atoms. The zero-order chi connectivity index (χ0) is 17.3. The summed E-state index contributed by atoms with van der Waals surface area (Å²) >= 11 is 1.68. The summed E-state index contributed by atoms with van der Waals surface area (Å²) in [6, 6.07) is 10.4. The van der Waals surface area contributed by atoms with Crippen molar-refractivity contribution in [3.8, 4) is 0 Å². The van der Waals surface area contributed by atoms with Crippen LogP contribution in [0, 0.1) is 6.92 Å². The van der Waals surface area contributed by atoms with E-state index in [1.165, 1.54) is 9.89 Å². The largest absolute Gasteiger partial charge is 0.478 e. The van der Waals surface area contributed by atoms with Crippen LogP contribution in [0.3, 0.4) is 0 Å². The molecule has 0 aliphatic carbocycles. The van der Waals surface area contributed by atoms with Crippen molar-refractivity contribution in [1.82, 2.24) is 5.01 Å². The summed E-state index contributed by atoms with van der Waals surface area (Å²) in [6.45, 7) is 3.95. The van der Waals surface area contributed by atoms with Gasteiger partial charge in [-0.3, -0.25) is 4.79 Å². The molecular formula is C18H18N2O3S. The lowest BCUT2D eigenvalue weighted by Crippen LogP contribution is -2.34. The maximum absolute atomic E-state index is 12.3. The SMILES string of the molecule is Cc1ccc(C2=NN(C(C)c3ccc(C(=O)O)cc3)C(=O)CC2)s1. The monoisotopic (exact) mass is 342 g/mol. The van der Waals surface area contributed by atoms with Crippen molar-refractivity contribution in [2.45, 2.75) is 32.7 Å². The van der Waals surface area contributed by atoms with Crippen molar-refractivity contribution in [3.63, 3.8) is 0 Å². The average Bonchev–Trinajstić information content (AvgIpc) is 3.01. The molecule has 0 saturated heterocycles. The van der Waals surface area contributed by atoms with Crippen LogP contribution in [0.2, 0.25) is 0 Å². The highest BCUT2D eigenvalue weighted by Gasteiger charge is 2.27. The Kier molecular flexibility index (Phi) is 4.49. The van der Waals surface area contributed by atoms with Crippen molar-refractivity contribution in [1.29, 1.82) is 0 Å². The van der Waals surface area contributed by atoms with Crippen LogP contribution in [0.25, 0.3) is 0 Å². The predicted octanol–water partition coefficient (Wildman–Crippen LogP) is 3.84. The molecule has 1 aliphatic heterocycles. The van der Waals surface area contributed by atoms with Crippen LogP contribution in [0.15, 0.2) is 41.5 Å². The van der Waals surface area contributed by atoms with Crippen LogP contribution in [-0.4, -0.2) is 27.7 Å². The first-order valence-corrected chi connectivity index (χ1v) is 8.57. The van der Waals surface area contributed by atoms with E-state index in [9.17, 15) is 9.59 Å². The first-order valence-electron chi connectivity index (χ1n) is 7.75. The second-order valence-electron chi connectivity index (χ2n) is 5.80. The Morgan fingerprint density at radius 1 is 1.21 bits per heavy atom. The van der Waals surface area contributed by atoms with Gasteiger partial charge in [-0.2, -0.15) is 5.10 Å². The van der Waals surface area contributed by atoms with Crippen LogP contribution >= 0.6 is 11.3 Å². The molecule has 0 bridgehead atoms. The third kappa shape index (κ3) is 3.23. The van der Waals surface area contributed by atoms with E-state index in [-0.39, 0.29) is 17.5 Å². The number of carbonyl (C=O) groups is 2. The molecule has 6 heteroatoms. The molecule has 2 heterocycles. The summed E-state index contributed by atoms with van der Waals surface area (Å²) in [5.74, 6) is -0.974. The standard InChI is InChI=1S/C18H18N2O3S/c1-11-3-9-16(24-11)15-8-10-17(21)20(19-15)12(2)13-4-6-14(7-5-13)18(22)23/h3-7,9,12H,8,10H2,1-2H3,(H,22,23). The van der Waals surface area contributed by atoms with Gasteiger partial charge in [0.1, 0.15) is 0 Å². The molecule has 1 unspecified atom stereocenters. The predicted molar refractivity (Wildman–Crippen MR) is 93.5 cm³/mol. The number of hydrogen-bond acceptors (Lipinski definition) is 4. The summed E-state index contributed by atoms with van der Waals surface area (Å²) in [5.41, 5.74) is 2.02. The fraction of sp³-hybridized carbons (Fsp3) is 0.278. The molecule has 24 heavy (non-hydrogen) atoms. The fourth-order valence-corrected chi connectivity index (χ4v) is 3.57. The van der Waals surface area contributed by atoms with Gasteiger partial charge in [0.05, 0.1) is 22.2 Å². The Labute approximate surface area is 144 Å². The Morgan fingerprint density at radius 2 is 1.92 bits per heavy atom. The van der Waals surface area contributed by atoms with Gasteiger partial charge < -0.3 is 5.11 Å². The van der Waals surface area contributed by atoms with Crippen LogP contribution in [0.1, 0.15) is 51.5 Å². The van der Waals surface area contributed by atoms with E-state index < -0.39 is 5.97 Å². The van der Waals surface area contributed by atoms with E-state index in [4.69, 9.17) is 5.11 Å². The van der Waals surface area contributed by atoms with Crippen LogP contribution in [-0.2, 0) is 4.79 Å². The van der Waals surface area contributed by atoms with Gasteiger partial charge in [0.2, 0.25) is 5.91 Å². The molecule has 1 atom stereocenters. The minimum Gasteiger partial charge on any atom is -0.478 e. The number of thiophene rings is 1. The minimum atomic E-state index is -0.961. The first-order chi connectivity index (χ1) is 11.5. The molecule has 1 aromatic carbocycles. The van der Waals surface area contributed by atoms with E-state index in [1.807, 2.05) is 19.9 Å². The number of aromatic carboxylic acids is 1. The molecule has 0 saturated carbocycles. The topological polar surface area (TPSA) is 70.0 Å². The molecule has 1 amide bonds. The van der Waals surface area contributed by atoms with Crippen molar-refractivity contribution in [2.75, 3.05) is 0 Å². The Bertz CT molecular complexity index is 808. The first kappa shape index (κ1) is 16.4. The molecule has 2 aromatic rings. The molecule has 1 N–H and O–H groups in total. The highest BCUT2D eigenvalue weighted by Crippen LogP contribution is 2.28. The van der Waals surface area contributed by atoms with E-state index >= 15 is 0 Å². The van der Waals surface area contributed by atoms with Crippen molar-refractivity contribution >= 4 is 28.9 Å². The number of rotatable bonds is 4. The highest BCUT2D eigenvalue weighted by molar-refractivity contribution is 7.14. The summed E-state index contributed by atoms with van der Waals surface area (Å²) in [6.07, 6.45) is 1.09. The lowest BCUT2D eigenvalue weighted by Gasteiger charge is -2.29. The van der Waals surface area contributed by atoms with E-state index in [2.05, 4.69) is 11.2 Å². The number of hydrazone groups is 1. The van der Waals surface area contributed by atoms with E-state index in [0.717, 1.165) is 16.2 Å². The van der Waals surface area contributed by atoms with Gasteiger partial charge in [-0.25, -0.2) is 9.80 Å².